The summed E-state index contributed by atoms with van der Waals surface area (Å²) in [6.07, 6.45) is 3.90. The van der Waals surface area contributed by atoms with Gasteiger partial charge in [0.15, 0.2) is 0 Å². The van der Waals surface area contributed by atoms with Crippen molar-refractivity contribution in [3.8, 4) is 5.75 Å². The third-order valence-corrected chi connectivity index (χ3v) is 5.49. The highest BCUT2D eigenvalue weighted by Gasteiger charge is 2.27. The third kappa shape index (κ3) is 2.85. The fourth-order valence-electron chi connectivity index (χ4n) is 4.08. The molecule has 1 aliphatic rings. The maximum absolute atomic E-state index is 13.1. The molecule has 4 rings (SSSR count). The minimum atomic E-state index is 0.139. The maximum Gasteiger partial charge on any atom is 0.256 e. The molecular formula is C22H24N2O2. The zero-order valence-electron chi connectivity index (χ0n) is 15.3. The first-order valence-electron chi connectivity index (χ1n) is 9.15. The molecule has 0 unspecified atom stereocenters. The summed E-state index contributed by atoms with van der Waals surface area (Å²) in [5, 5.41) is 1.03. The van der Waals surface area contributed by atoms with Crippen LogP contribution < -0.4 is 4.74 Å². The van der Waals surface area contributed by atoms with Gasteiger partial charge in [-0.1, -0.05) is 36.4 Å². The summed E-state index contributed by atoms with van der Waals surface area (Å²) in [7, 11) is 3.71. The number of nitrogens with zero attached hydrogens (tertiary/aromatic N) is 2. The van der Waals surface area contributed by atoms with Crippen molar-refractivity contribution >= 4 is 16.8 Å². The molecule has 0 bridgehead atoms. The Morgan fingerprint density at radius 1 is 1.04 bits per heavy atom. The van der Waals surface area contributed by atoms with Gasteiger partial charge in [0.1, 0.15) is 5.75 Å². The average Bonchev–Trinajstić information content (AvgIpc) is 3.04. The zero-order valence-corrected chi connectivity index (χ0v) is 15.3. The number of rotatable bonds is 3. The minimum Gasteiger partial charge on any atom is -0.496 e. The summed E-state index contributed by atoms with van der Waals surface area (Å²) in [6, 6.07) is 16.3. The van der Waals surface area contributed by atoms with Gasteiger partial charge in [-0.15, -0.1) is 0 Å². The average molecular weight is 348 g/mol. The summed E-state index contributed by atoms with van der Waals surface area (Å²) in [5.74, 6) is 1.54. The van der Waals surface area contributed by atoms with E-state index in [2.05, 4.69) is 18.2 Å². The third-order valence-electron chi connectivity index (χ3n) is 5.49. The molecule has 134 valence electrons. The van der Waals surface area contributed by atoms with Crippen molar-refractivity contribution in [1.29, 1.82) is 0 Å². The Balaban J connectivity index is 1.52. The Bertz CT molecular complexity index is 936. The van der Waals surface area contributed by atoms with E-state index >= 15 is 0 Å². The van der Waals surface area contributed by atoms with Crippen molar-refractivity contribution in [3.63, 3.8) is 0 Å². The topological polar surface area (TPSA) is 34.5 Å². The van der Waals surface area contributed by atoms with Gasteiger partial charge in [0, 0.05) is 37.2 Å². The van der Waals surface area contributed by atoms with E-state index in [1.165, 1.54) is 5.56 Å². The smallest absolute Gasteiger partial charge is 0.256 e. The van der Waals surface area contributed by atoms with E-state index in [0.717, 1.165) is 48.1 Å². The van der Waals surface area contributed by atoms with Gasteiger partial charge in [0.05, 0.1) is 12.7 Å². The Kier molecular flexibility index (Phi) is 4.41. The van der Waals surface area contributed by atoms with Crippen LogP contribution in [0, 0.1) is 0 Å². The Labute approximate surface area is 154 Å². The number of para-hydroxylation sites is 2. The predicted molar refractivity (Wildman–Crippen MR) is 104 cm³/mol. The lowest BCUT2D eigenvalue weighted by Crippen LogP contribution is -2.37. The number of likely N-dealkylation sites (tertiary alicyclic amines) is 1. The van der Waals surface area contributed by atoms with E-state index in [1.807, 2.05) is 53.0 Å². The van der Waals surface area contributed by atoms with Crippen LogP contribution in [0.3, 0.4) is 0 Å². The van der Waals surface area contributed by atoms with E-state index in [-0.39, 0.29) is 5.91 Å². The van der Waals surface area contributed by atoms with E-state index in [4.69, 9.17) is 4.74 Å². The summed E-state index contributed by atoms with van der Waals surface area (Å²) in [6.45, 7) is 1.57. The van der Waals surface area contributed by atoms with Gasteiger partial charge in [-0.2, -0.15) is 0 Å². The molecule has 1 saturated heterocycles. The highest BCUT2D eigenvalue weighted by Crippen LogP contribution is 2.34. The van der Waals surface area contributed by atoms with Crippen LogP contribution in [0.5, 0.6) is 5.75 Å². The minimum absolute atomic E-state index is 0.139. The summed E-state index contributed by atoms with van der Waals surface area (Å²) in [5.41, 5.74) is 3.16. The zero-order chi connectivity index (χ0) is 18.1. The van der Waals surface area contributed by atoms with Crippen LogP contribution in [-0.4, -0.2) is 35.6 Å². The molecule has 4 nitrogen and oxygen atoms in total. The number of aryl methyl sites for hydroxylation is 1. The van der Waals surface area contributed by atoms with Crippen molar-refractivity contribution in [3.05, 3.63) is 65.9 Å². The molecule has 2 aromatic carbocycles. The largest absolute Gasteiger partial charge is 0.496 e. The fraction of sp³-hybridized carbons (Fsp3) is 0.318. The number of fused-ring (bicyclic) bond motifs is 1. The van der Waals surface area contributed by atoms with Crippen LogP contribution in [0.1, 0.15) is 34.7 Å². The van der Waals surface area contributed by atoms with Gasteiger partial charge < -0.3 is 14.2 Å². The number of carbonyl (C=O) groups is 1. The monoisotopic (exact) mass is 348 g/mol. The van der Waals surface area contributed by atoms with Crippen LogP contribution in [0.4, 0.5) is 0 Å². The molecule has 2 heterocycles. The fourth-order valence-corrected chi connectivity index (χ4v) is 4.08. The van der Waals surface area contributed by atoms with Gasteiger partial charge >= 0.3 is 0 Å². The van der Waals surface area contributed by atoms with Crippen molar-refractivity contribution < 1.29 is 9.53 Å². The van der Waals surface area contributed by atoms with Crippen LogP contribution in [-0.2, 0) is 7.05 Å². The Hall–Kier alpha value is -2.75. The molecule has 1 aromatic heterocycles. The number of benzene rings is 2. The van der Waals surface area contributed by atoms with Gasteiger partial charge in [0.25, 0.3) is 5.91 Å². The van der Waals surface area contributed by atoms with E-state index in [1.54, 1.807) is 7.11 Å². The number of aromatic nitrogens is 1. The number of ether oxygens (including phenoxy) is 1. The lowest BCUT2D eigenvalue weighted by atomic mass is 9.88. The first-order chi connectivity index (χ1) is 12.7. The molecule has 0 radical (unpaired) electrons. The molecule has 3 aromatic rings. The SMILES string of the molecule is COc1ccccc1C1CCN(C(=O)c2cn(C)c3ccccc23)CC1. The second-order valence-corrected chi connectivity index (χ2v) is 6.98. The number of carbonyl (C=O) groups excluding carboxylic acids is 1. The maximum atomic E-state index is 13.1. The predicted octanol–water partition coefficient (Wildman–Crippen LogP) is 4.21. The number of piperidine rings is 1. The van der Waals surface area contributed by atoms with Crippen molar-refractivity contribution in [2.45, 2.75) is 18.8 Å². The highest BCUT2D eigenvalue weighted by atomic mass is 16.5. The quantitative estimate of drug-likeness (QED) is 0.711. The van der Waals surface area contributed by atoms with Gasteiger partial charge in [-0.25, -0.2) is 0 Å². The molecule has 0 atom stereocenters. The molecule has 0 spiro atoms. The molecule has 0 aliphatic carbocycles. The molecule has 1 fully saturated rings. The molecule has 0 saturated carbocycles. The second-order valence-electron chi connectivity index (χ2n) is 6.98. The molecule has 1 amide bonds. The molecule has 1 aliphatic heterocycles. The van der Waals surface area contributed by atoms with Crippen molar-refractivity contribution in [2.24, 2.45) is 7.05 Å². The number of amides is 1. The van der Waals surface area contributed by atoms with E-state index < -0.39 is 0 Å². The van der Waals surface area contributed by atoms with E-state index in [0.29, 0.717) is 5.92 Å². The molecular weight excluding hydrogens is 324 g/mol. The summed E-state index contributed by atoms with van der Waals surface area (Å²) in [4.78, 5) is 15.1. The second kappa shape index (κ2) is 6.87. The van der Waals surface area contributed by atoms with Crippen LogP contribution in [0.2, 0.25) is 0 Å². The summed E-state index contributed by atoms with van der Waals surface area (Å²) < 4.78 is 7.54. The summed E-state index contributed by atoms with van der Waals surface area (Å²) >= 11 is 0. The van der Waals surface area contributed by atoms with Gasteiger partial charge in [-0.3, -0.25) is 4.79 Å². The van der Waals surface area contributed by atoms with Crippen molar-refractivity contribution in [2.75, 3.05) is 20.2 Å². The first-order valence-corrected chi connectivity index (χ1v) is 9.15. The molecule has 0 N–H and O–H groups in total. The number of hydrogen-bond donors (Lipinski definition) is 0. The normalized spacial score (nSPS) is 15.4. The van der Waals surface area contributed by atoms with Crippen molar-refractivity contribution in [1.82, 2.24) is 9.47 Å². The van der Waals surface area contributed by atoms with Crippen LogP contribution in [0.25, 0.3) is 10.9 Å². The highest BCUT2D eigenvalue weighted by molar-refractivity contribution is 6.07. The van der Waals surface area contributed by atoms with Crippen LogP contribution in [0.15, 0.2) is 54.7 Å². The Morgan fingerprint density at radius 3 is 2.50 bits per heavy atom. The molecule has 26 heavy (non-hydrogen) atoms. The first kappa shape index (κ1) is 16.7. The van der Waals surface area contributed by atoms with Gasteiger partial charge in [0.2, 0.25) is 0 Å². The number of hydrogen-bond acceptors (Lipinski definition) is 2. The molecule has 4 heteroatoms. The Morgan fingerprint density at radius 2 is 1.73 bits per heavy atom. The number of methoxy groups -OCH3 is 1. The lowest BCUT2D eigenvalue weighted by Gasteiger charge is -2.32. The van der Waals surface area contributed by atoms with Gasteiger partial charge in [-0.05, 0) is 36.5 Å². The lowest BCUT2D eigenvalue weighted by molar-refractivity contribution is 0.0714. The van der Waals surface area contributed by atoms with E-state index in [9.17, 15) is 4.79 Å². The van der Waals surface area contributed by atoms with Crippen LogP contribution >= 0.6 is 0 Å². The standard InChI is InChI=1S/C22H24N2O2/c1-23-15-19(18-8-3-5-9-20(18)23)22(25)24-13-11-16(12-14-24)17-7-4-6-10-21(17)26-2/h3-10,15-16H,11-14H2,1-2H3.